The number of carbonyl (C=O) groups excluding carboxylic acids is 1. The number of nitrogens with zero attached hydrogens (tertiary/aromatic N) is 1. The Morgan fingerprint density at radius 1 is 1.31 bits per heavy atom. The van der Waals surface area contributed by atoms with Crippen LogP contribution in [-0.4, -0.2) is 25.5 Å². The number of benzene rings is 2. The lowest BCUT2D eigenvalue weighted by atomic mass is 10.1. The minimum absolute atomic E-state index is 0.158. The summed E-state index contributed by atoms with van der Waals surface area (Å²) in [4.78, 5) is 11.9. The molecule has 0 aromatic heterocycles. The number of hydrazone groups is 1. The normalized spacial score (nSPS) is 12.5. The Balaban J connectivity index is 1.57. The van der Waals surface area contributed by atoms with Crippen molar-refractivity contribution in [2.75, 3.05) is 13.4 Å². The Morgan fingerprint density at radius 3 is 2.77 bits per heavy atom. The van der Waals surface area contributed by atoms with E-state index in [4.69, 9.17) is 25.8 Å². The summed E-state index contributed by atoms with van der Waals surface area (Å²) in [6, 6.07) is 7.26. The highest BCUT2D eigenvalue weighted by atomic mass is 79.9. The van der Waals surface area contributed by atoms with Crippen molar-refractivity contribution >= 4 is 39.7 Å². The molecule has 6 nitrogen and oxygen atoms in total. The fraction of sp³-hybridized carbons (Fsp3) is 0.222. The predicted molar refractivity (Wildman–Crippen MR) is 102 cm³/mol. The monoisotopic (exact) mass is 438 g/mol. The van der Waals surface area contributed by atoms with Gasteiger partial charge in [0, 0.05) is 11.6 Å². The van der Waals surface area contributed by atoms with Gasteiger partial charge in [-0.25, -0.2) is 5.43 Å². The molecule has 1 aliphatic rings. The third kappa shape index (κ3) is 4.28. The zero-order valence-corrected chi connectivity index (χ0v) is 16.5. The second-order valence-corrected chi connectivity index (χ2v) is 6.96. The first-order valence-corrected chi connectivity index (χ1v) is 8.91. The van der Waals surface area contributed by atoms with Gasteiger partial charge in [-0.05, 0) is 53.0 Å². The molecule has 0 spiro atoms. The fourth-order valence-corrected chi connectivity index (χ4v) is 3.45. The summed E-state index contributed by atoms with van der Waals surface area (Å²) in [5, 5.41) is 4.35. The number of carbonyl (C=O) groups is 1. The number of hydrogen-bond donors (Lipinski definition) is 1. The van der Waals surface area contributed by atoms with Crippen LogP contribution in [0.5, 0.6) is 17.2 Å². The standard InChI is InChI=1S/C18H16BrClN2O4/c1-10-3-11(2)18(13(19)4-10)24-8-17(23)22-21-7-12-5-15-16(6-14(12)20)26-9-25-15/h3-7H,8-9H2,1-2H3,(H,22,23)/b21-7+. The van der Waals surface area contributed by atoms with Crippen molar-refractivity contribution in [1.82, 2.24) is 5.43 Å². The van der Waals surface area contributed by atoms with Crippen molar-refractivity contribution in [2.45, 2.75) is 13.8 Å². The summed E-state index contributed by atoms with van der Waals surface area (Å²) in [5.41, 5.74) is 5.06. The molecular weight excluding hydrogens is 424 g/mol. The van der Waals surface area contributed by atoms with Crippen molar-refractivity contribution in [2.24, 2.45) is 5.10 Å². The van der Waals surface area contributed by atoms with E-state index in [1.165, 1.54) is 6.21 Å². The molecule has 0 bridgehead atoms. The highest BCUT2D eigenvalue weighted by molar-refractivity contribution is 9.10. The maximum Gasteiger partial charge on any atom is 0.277 e. The highest BCUT2D eigenvalue weighted by Crippen LogP contribution is 2.36. The summed E-state index contributed by atoms with van der Waals surface area (Å²) in [6.07, 6.45) is 1.44. The number of ether oxygens (including phenoxy) is 3. The average Bonchev–Trinajstić information content (AvgIpc) is 3.01. The van der Waals surface area contributed by atoms with E-state index in [9.17, 15) is 4.79 Å². The molecule has 0 saturated carbocycles. The molecule has 0 unspecified atom stereocenters. The molecule has 1 aliphatic heterocycles. The molecule has 0 saturated heterocycles. The van der Waals surface area contributed by atoms with Gasteiger partial charge in [0.2, 0.25) is 6.79 Å². The second kappa shape index (κ2) is 7.97. The first kappa shape index (κ1) is 18.5. The van der Waals surface area contributed by atoms with E-state index < -0.39 is 0 Å². The fourth-order valence-electron chi connectivity index (χ4n) is 2.46. The van der Waals surface area contributed by atoms with Crippen LogP contribution in [0.25, 0.3) is 0 Å². The van der Waals surface area contributed by atoms with Gasteiger partial charge in [-0.15, -0.1) is 0 Å². The molecule has 8 heteroatoms. The summed E-state index contributed by atoms with van der Waals surface area (Å²) < 4.78 is 16.9. The zero-order valence-electron chi connectivity index (χ0n) is 14.1. The van der Waals surface area contributed by atoms with Crippen LogP contribution in [0.4, 0.5) is 0 Å². The molecule has 1 amide bonds. The molecule has 0 aliphatic carbocycles. The minimum Gasteiger partial charge on any atom is -0.482 e. The Bertz CT molecular complexity index is 863. The molecule has 26 heavy (non-hydrogen) atoms. The van der Waals surface area contributed by atoms with Gasteiger partial charge in [0.05, 0.1) is 15.7 Å². The highest BCUT2D eigenvalue weighted by Gasteiger charge is 2.15. The molecule has 0 fully saturated rings. The Morgan fingerprint density at radius 2 is 2.04 bits per heavy atom. The van der Waals surface area contributed by atoms with Crippen LogP contribution in [0.3, 0.4) is 0 Å². The van der Waals surface area contributed by atoms with Crippen LogP contribution >= 0.6 is 27.5 Å². The number of nitrogens with one attached hydrogen (secondary N) is 1. The summed E-state index contributed by atoms with van der Waals surface area (Å²) in [6.45, 7) is 3.91. The Hall–Kier alpha value is -2.25. The van der Waals surface area contributed by atoms with Crippen LogP contribution in [0.2, 0.25) is 5.02 Å². The largest absolute Gasteiger partial charge is 0.482 e. The topological polar surface area (TPSA) is 69.2 Å². The van der Waals surface area contributed by atoms with Gasteiger partial charge in [0.1, 0.15) is 5.75 Å². The molecule has 2 aromatic carbocycles. The molecule has 136 valence electrons. The van der Waals surface area contributed by atoms with Gasteiger partial charge in [-0.1, -0.05) is 17.7 Å². The van der Waals surface area contributed by atoms with Crippen LogP contribution in [0.1, 0.15) is 16.7 Å². The zero-order chi connectivity index (χ0) is 18.7. The maximum absolute atomic E-state index is 11.9. The van der Waals surface area contributed by atoms with E-state index in [0.29, 0.717) is 27.8 Å². The van der Waals surface area contributed by atoms with Crippen molar-refractivity contribution < 1.29 is 19.0 Å². The van der Waals surface area contributed by atoms with E-state index in [1.807, 2.05) is 26.0 Å². The third-order valence-electron chi connectivity index (χ3n) is 3.61. The van der Waals surface area contributed by atoms with E-state index in [0.717, 1.165) is 15.6 Å². The number of amides is 1. The molecule has 1 N–H and O–H groups in total. The van der Waals surface area contributed by atoms with Crippen molar-refractivity contribution in [3.05, 3.63) is 50.5 Å². The average molecular weight is 440 g/mol. The molecular formula is C18H16BrClN2O4. The van der Waals surface area contributed by atoms with E-state index >= 15 is 0 Å². The lowest BCUT2D eigenvalue weighted by Gasteiger charge is -2.11. The first-order valence-electron chi connectivity index (χ1n) is 7.74. The van der Waals surface area contributed by atoms with Crippen molar-refractivity contribution in [3.63, 3.8) is 0 Å². The Labute approximate surface area is 164 Å². The van der Waals surface area contributed by atoms with Crippen LogP contribution in [0, 0.1) is 13.8 Å². The lowest BCUT2D eigenvalue weighted by molar-refractivity contribution is -0.123. The van der Waals surface area contributed by atoms with Gasteiger partial charge in [0.15, 0.2) is 18.1 Å². The van der Waals surface area contributed by atoms with E-state index in [-0.39, 0.29) is 19.3 Å². The van der Waals surface area contributed by atoms with E-state index in [1.54, 1.807) is 12.1 Å². The third-order valence-corrected chi connectivity index (χ3v) is 4.52. The number of hydrogen-bond acceptors (Lipinski definition) is 5. The summed E-state index contributed by atoms with van der Waals surface area (Å²) in [5.74, 6) is 1.42. The number of fused-ring (bicyclic) bond motifs is 1. The minimum atomic E-state index is -0.384. The van der Waals surface area contributed by atoms with Crippen LogP contribution < -0.4 is 19.6 Å². The quantitative estimate of drug-likeness (QED) is 0.565. The lowest BCUT2D eigenvalue weighted by Crippen LogP contribution is -2.24. The van der Waals surface area contributed by atoms with Crippen molar-refractivity contribution in [1.29, 1.82) is 0 Å². The van der Waals surface area contributed by atoms with Crippen molar-refractivity contribution in [3.8, 4) is 17.2 Å². The molecule has 1 heterocycles. The van der Waals surface area contributed by atoms with Crippen LogP contribution in [-0.2, 0) is 4.79 Å². The number of halogens is 2. The smallest absolute Gasteiger partial charge is 0.277 e. The van der Waals surface area contributed by atoms with Gasteiger partial charge in [0.25, 0.3) is 5.91 Å². The molecule has 2 aromatic rings. The van der Waals surface area contributed by atoms with Gasteiger partial charge in [-0.3, -0.25) is 4.79 Å². The van der Waals surface area contributed by atoms with Gasteiger partial charge >= 0.3 is 0 Å². The maximum atomic E-state index is 11.9. The Kier molecular flexibility index (Phi) is 5.68. The van der Waals surface area contributed by atoms with E-state index in [2.05, 4.69) is 26.5 Å². The number of rotatable bonds is 5. The van der Waals surface area contributed by atoms with Gasteiger partial charge in [-0.2, -0.15) is 5.10 Å². The molecule has 3 rings (SSSR count). The SMILES string of the molecule is Cc1cc(C)c(OCC(=O)N/N=C/c2cc3c(cc2Cl)OCO3)c(Br)c1. The first-order chi connectivity index (χ1) is 12.4. The molecule has 0 atom stereocenters. The second-order valence-electron chi connectivity index (χ2n) is 5.70. The predicted octanol–water partition coefficient (Wildman–Crippen LogP) is 3.98. The van der Waals surface area contributed by atoms with Gasteiger partial charge < -0.3 is 14.2 Å². The molecule has 0 radical (unpaired) electrons. The summed E-state index contributed by atoms with van der Waals surface area (Å²) in [7, 11) is 0. The van der Waals surface area contributed by atoms with Crippen LogP contribution in [0.15, 0.2) is 33.8 Å². The summed E-state index contributed by atoms with van der Waals surface area (Å²) >= 11 is 9.58. The number of aryl methyl sites for hydroxylation is 2.